The van der Waals surface area contributed by atoms with Gasteiger partial charge in [0.15, 0.2) is 0 Å². The molecular weight excluding hydrogens is 284 g/mol. The molecule has 0 saturated heterocycles. The first-order valence-electron chi connectivity index (χ1n) is 6.42. The second-order valence-electron chi connectivity index (χ2n) is 4.44. The zero-order valence-electron chi connectivity index (χ0n) is 11.6. The van der Waals surface area contributed by atoms with Gasteiger partial charge in [0.1, 0.15) is 10.7 Å². The smallest absolute Gasteiger partial charge is 0.251 e. The summed E-state index contributed by atoms with van der Waals surface area (Å²) in [6.45, 7) is 0.389. The monoisotopic (exact) mass is 300 g/mol. The van der Waals surface area contributed by atoms with Gasteiger partial charge < -0.3 is 15.8 Å². The lowest BCUT2D eigenvalue weighted by Gasteiger charge is -2.10. The molecule has 2 rings (SSSR count). The lowest BCUT2D eigenvalue weighted by molar-refractivity contribution is 0.0950. The summed E-state index contributed by atoms with van der Waals surface area (Å²) in [6.07, 6.45) is 0. The third-order valence-electron chi connectivity index (χ3n) is 3.04. The third kappa shape index (κ3) is 3.79. The van der Waals surface area contributed by atoms with Crippen molar-refractivity contribution in [1.29, 1.82) is 0 Å². The molecular formula is C16H16N2O2S. The summed E-state index contributed by atoms with van der Waals surface area (Å²) in [5, 5.41) is 2.85. The first kappa shape index (κ1) is 15.0. The SMILES string of the molecule is COc1ccccc1CNC(=O)c1cccc(C(N)=S)c1. The maximum absolute atomic E-state index is 12.2. The maximum atomic E-state index is 12.2. The van der Waals surface area contributed by atoms with Gasteiger partial charge in [0.05, 0.1) is 7.11 Å². The van der Waals surface area contributed by atoms with E-state index in [2.05, 4.69) is 5.32 Å². The van der Waals surface area contributed by atoms with Crippen molar-refractivity contribution in [1.82, 2.24) is 5.32 Å². The number of ether oxygens (including phenoxy) is 1. The highest BCUT2D eigenvalue weighted by molar-refractivity contribution is 7.80. The number of rotatable bonds is 5. The Morgan fingerprint density at radius 3 is 2.62 bits per heavy atom. The van der Waals surface area contributed by atoms with E-state index in [0.29, 0.717) is 17.7 Å². The Morgan fingerprint density at radius 1 is 1.19 bits per heavy atom. The summed E-state index contributed by atoms with van der Waals surface area (Å²) in [4.78, 5) is 12.4. The van der Waals surface area contributed by atoms with E-state index in [9.17, 15) is 4.79 Å². The summed E-state index contributed by atoms with van der Waals surface area (Å²) < 4.78 is 5.25. The molecule has 3 N–H and O–H groups in total. The molecule has 0 aliphatic heterocycles. The number of methoxy groups -OCH3 is 1. The van der Waals surface area contributed by atoms with E-state index in [4.69, 9.17) is 22.7 Å². The number of amides is 1. The van der Waals surface area contributed by atoms with Gasteiger partial charge in [0.25, 0.3) is 5.91 Å². The second kappa shape index (κ2) is 6.85. The lowest BCUT2D eigenvalue weighted by atomic mass is 10.1. The third-order valence-corrected chi connectivity index (χ3v) is 3.28. The van der Waals surface area contributed by atoms with Crippen LogP contribution in [-0.4, -0.2) is 18.0 Å². The minimum absolute atomic E-state index is 0.181. The maximum Gasteiger partial charge on any atom is 0.251 e. The molecule has 0 heterocycles. The van der Waals surface area contributed by atoms with Crippen LogP contribution in [0.1, 0.15) is 21.5 Å². The topological polar surface area (TPSA) is 64.3 Å². The number of carbonyl (C=O) groups excluding carboxylic acids is 1. The number of thiocarbonyl (C=S) groups is 1. The highest BCUT2D eigenvalue weighted by Gasteiger charge is 2.08. The Morgan fingerprint density at radius 2 is 1.90 bits per heavy atom. The molecule has 0 saturated carbocycles. The summed E-state index contributed by atoms with van der Waals surface area (Å²) >= 11 is 4.91. The van der Waals surface area contributed by atoms with Crippen molar-refractivity contribution >= 4 is 23.1 Å². The van der Waals surface area contributed by atoms with Gasteiger partial charge in [-0.3, -0.25) is 4.79 Å². The number of hydrogen-bond acceptors (Lipinski definition) is 3. The standard InChI is InChI=1S/C16H16N2O2S/c1-20-14-8-3-2-5-13(14)10-18-16(19)12-7-4-6-11(9-12)15(17)21/h2-9H,10H2,1H3,(H2,17,21)(H,18,19). The van der Waals surface area contributed by atoms with Crippen LogP contribution in [0.2, 0.25) is 0 Å². The summed E-state index contributed by atoms with van der Waals surface area (Å²) in [7, 11) is 1.60. The van der Waals surface area contributed by atoms with Crippen LogP contribution in [0.5, 0.6) is 5.75 Å². The molecule has 0 aliphatic carbocycles. The predicted octanol–water partition coefficient (Wildman–Crippen LogP) is 2.26. The molecule has 2 aromatic rings. The molecule has 0 unspecified atom stereocenters. The highest BCUT2D eigenvalue weighted by Crippen LogP contribution is 2.17. The number of nitrogens with two attached hydrogens (primary N) is 1. The van der Waals surface area contributed by atoms with E-state index in [1.54, 1.807) is 31.4 Å². The van der Waals surface area contributed by atoms with Gasteiger partial charge in [0, 0.05) is 23.2 Å². The molecule has 4 nitrogen and oxygen atoms in total. The molecule has 0 bridgehead atoms. The van der Waals surface area contributed by atoms with Crippen molar-refractivity contribution in [3.05, 3.63) is 65.2 Å². The van der Waals surface area contributed by atoms with Gasteiger partial charge in [-0.2, -0.15) is 0 Å². The minimum Gasteiger partial charge on any atom is -0.496 e. The quantitative estimate of drug-likeness (QED) is 0.831. The molecule has 0 aliphatic rings. The van der Waals surface area contributed by atoms with E-state index in [-0.39, 0.29) is 10.9 Å². The van der Waals surface area contributed by atoms with Crippen LogP contribution in [-0.2, 0) is 6.54 Å². The Balaban J connectivity index is 2.08. The minimum atomic E-state index is -0.181. The van der Waals surface area contributed by atoms with Gasteiger partial charge in [-0.25, -0.2) is 0 Å². The summed E-state index contributed by atoms with van der Waals surface area (Å²) in [5.41, 5.74) is 7.68. The van der Waals surface area contributed by atoms with E-state index in [1.165, 1.54) is 0 Å². The summed E-state index contributed by atoms with van der Waals surface area (Å²) in [6, 6.07) is 14.5. The predicted molar refractivity (Wildman–Crippen MR) is 86.5 cm³/mol. The largest absolute Gasteiger partial charge is 0.496 e. The van der Waals surface area contributed by atoms with Crippen molar-refractivity contribution in [2.24, 2.45) is 5.73 Å². The first-order valence-corrected chi connectivity index (χ1v) is 6.82. The zero-order chi connectivity index (χ0) is 15.2. The van der Waals surface area contributed by atoms with Crippen LogP contribution in [0.25, 0.3) is 0 Å². The number of para-hydroxylation sites is 1. The number of nitrogens with one attached hydrogen (secondary N) is 1. The molecule has 0 fully saturated rings. The van der Waals surface area contributed by atoms with Crippen molar-refractivity contribution in [2.75, 3.05) is 7.11 Å². The highest BCUT2D eigenvalue weighted by atomic mass is 32.1. The average Bonchev–Trinajstić information content (AvgIpc) is 2.52. The van der Waals surface area contributed by atoms with Gasteiger partial charge in [-0.15, -0.1) is 0 Å². The van der Waals surface area contributed by atoms with Crippen molar-refractivity contribution in [3.8, 4) is 5.75 Å². The zero-order valence-corrected chi connectivity index (χ0v) is 12.4. The van der Waals surface area contributed by atoms with Crippen molar-refractivity contribution in [2.45, 2.75) is 6.54 Å². The van der Waals surface area contributed by atoms with E-state index in [0.717, 1.165) is 11.3 Å². The normalized spacial score (nSPS) is 9.95. The van der Waals surface area contributed by atoms with Gasteiger partial charge in [-0.05, 0) is 18.2 Å². The molecule has 0 spiro atoms. The lowest BCUT2D eigenvalue weighted by Crippen LogP contribution is -2.23. The number of carbonyl (C=O) groups is 1. The fraction of sp³-hybridized carbons (Fsp3) is 0.125. The van der Waals surface area contributed by atoms with Gasteiger partial charge in [0.2, 0.25) is 0 Å². The molecule has 0 aromatic heterocycles. The molecule has 0 atom stereocenters. The van der Waals surface area contributed by atoms with Crippen LogP contribution in [0.4, 0.5) is 0 Å². The Kier molecular flexibility index (Phi) is 4.90. The van der Waals surface area contributed by atoms with Crippen LogP contribution >= 0.6 is 12.2 Å². The molecule has 2 aromatic carbocycles. The van der Waals surface area contributed by atoms with Crippen molar-refractivity contribution in [3.63, 3.8) is 0 Å². The second-order valence-corrected chi connectivity index (χ2v) is 4.88. The van der Waals surface area contributed by atoms with Gasteiger partial charge >= 0.3 is 0 Å². The van der Waals surface area contributed by atoms with Crippen LogP contribution < -0.4 is 15.8 Å². The van der Waals surface area contributed by atoms with Crippen LogP contribution in [0, 0.1) is 0 Å². The number of benzene rings is 2. The molecule has 108 valence electrons. The van der Waals surface area contributed by atoms with Gasteiger partial charge in [-0.1, -0.05) is 42.5 Å². The fourth-order valence-corrected chi connectivity index (χ4v) is 2.07. The fourth-order valence-electron chi connectivity index (χ4n) is 1.94. The molecule has 1 amide bonds. The molecule has 0 radical (unpaired) electrons. The van der Waals surface area contributed by atoms with E-state index < -0.39 is 0 Å². The van der Waals surface area contributed by atoms with Crippen LogP contribution in [0.3, 0.4) is 0 Å². The summed E-state index contributed by atoms with van der Waals surface area (Å²) in [5.74, 6) is 0.564. The molecule has 5 heteroatoms. The average molecular weight is 300 g/mol. The van der Waals surface area contributed by atoms with Crippen molar-refractivity contribution < 1.29 is 9.53 Å². The van der Waals surface area contributed by atoms with Crippen LogP contribution in [0.15, 0.2) is 48.5 Å². The Labute approximate surface area is 128 Å². The first-order chi connectivity index (χ1) is 10.1. The van der Waals surface area contributed by atoms with E-state index in [1.807, 2.05) is 24.3 Å². The van der Waals surface area contributed by atoms with E-state index >= 15 is 0 Å². The number of hydrogen-bond donors (Lipinski definition) is 2. The Hall–Kier alpha value is -2.40. The molecule has 21 heavy (non-hydrogen) atoms. The Bertz CT molecular complexity index is 671.